The molecule has 2 heterocycles. The van der Waals surface area contributed by atoms with Crippen molar-refractivity contribution in [2.24, 2.45) is 0 Å². The van der Waals surface area contributed by atoms with E-state index in [1.807, 2.05) is 6.92 Å². The highest BCUT2D eigenvalue weighted by Crippen LogP contribution is 2.01. The third kappa shape index (κ3) is 3.54. The largest absolute Gasteiger partial charge is 0.356 e. The molecule has 0 amide bonds. The van der Waals surface area contributed by atoms with Crippen molar-refractivity contribution in [1.82, 2.24) is 19.9 Å². The summed E-state index contributed by atoms with van der Waals surface area (Å²) in [6.45, 7) is 2.79. The Morgan fingerprint density at radius 3 is 2.71 bits per heavy atom. The minimum absolute atomic E-state index is 0. The Morgan fingerprint density at radius 2 is 2.00 bits per heavy atom. The van der Waals surface area contributed by atoms with Crippen molar-refractivity contribution in [2.45, 2.75) is 13.3 Å². The van der Waals surface area contributed by atoms with Crippen molar-refractivity contribution < 1.29 is 0 Å². The van der Waals surface area contributed by atoms with E-state index in [-0.39, 0.29) is 35.9 Å². The third-order valence-corrected chi connectivity index (χ3v) is 1.89. The summed E-state index contributed by atoms with van der Waals surface area (Å²) in [6, 6.07) is 0. The first-order chi connectivity index (χ1) is 7.31. The average Bonchev–Trinajstić information content (AvgIpc) is 2.26. The summed E-state index contributed by atoms with van der Waals surface area (Å²) < 4.78 is 0. The Morgan fingerprint density at radius 1 is 1.29 bits per heavy atom. The fourth-order valence-electron chi connectivity index (χ4n) is 1.20. The van der Waals surface area contributed by atoms with Crippen LogP contribution in [0.4, 0.5) is 5.95 Å². The molecule has 17 heavy (non-hydrogen) atoms. The monoisotopic (exact) mass is 277 g/mol. The predicted molar refractivity (Wildman–Crippen MR) is 71.2 cm³/mol. The molecule has 0 aliphatic heterocycles. The van der Waals surface area contributed by atoms with Gasteiger partial charge in [0.05, 0.1) is 0 Å². The molecule has 0 saturated heterocycles. The van der Waals surface area contributed by atoms with Gasteiger partial charge in [0.25, 0.3) is 5.56 Å². The van der Waals surface area contributed by atoms with Crippen LogP contribution in [0.1, 0.15) is 13.3 Å². The Bertz CT molecular complexity index is 530. The van der Waals surface area contributed by atoms with E-state index in [4.69, 9.17) is 0 Å². The van der Waals surface area contributed by atoms with Crippen molar-refractivity contribution in [3.8, 4) is 0 Å². The standard InChI is InChI=1S/C9H11N5O.2ClH/c1-2-3-12-9-13-7-6(8(15)14-9)10-4-5-11-7;;/h4-5H,2-3H2,1H3,(H2,11,12,13,14,15);2*1H. The number of halogens is 2. The molecule has 0 aromatic carbocycles. The fraction of sp³-hybridized carbons (Fsp3) is 0.333. The normalized spacial score (nSPS) is 9.24. The van der Waals surface area contributed by atoms with Crippen LogP contribution >= 0.6 is 24.8 Å². The van der Waals surface area contributed by atoms with Crippen LogP contribution in [0.15, 0.2) is 17.2 Å². The molecule has 94 valence electrons. The van der Waals surface area contributed by atoms with Crippen molar-refractivity contribution >= 4 is 41.9 Å². The summed E-state index contributed by atoms with van der Waals surface area (Å²) in [7, 11) is 0. The highest BCUT2D eigenvalue weighted by Gasteiger charge is 2.03. The highest BCUT2D eigenvalue weighted by atomic mass is 35.5. The number of aromatic amines is 1. The molecule has 0 spiro atoms. The van der Waals surface area contributed by atoms with Gasteiger partial charge in [0.15, 0.2) is 11.2 Å². The van der Waals surface area contributed by atoms with Crippen molar-refractivity contribution in [2.75, 3.05) is 11.9 Å². The van der Waals surface area contributed by atoms with Gasteiger partial charge in [-0.3, -0.25) is 9.78 Å². The van der Waals surface area contributed by atoms with Gasteiger partial charge in [-0.1, -0.05) is 6.92 Å². The molecule has 2 aromatic rings. The number of nitrogens with zero attached hydrogens (tertiary/aromatic N) is 3. The predicted octanol–water partition coefficient (Wildman–Crippen LogP) is 1.38. The van der Waals surface area contributed by atoms with E-state index in [1.165, 1.54) is 12.4 Å². The summed E-state index contributed by atoms with van der Waals surface area (Å²) in [4.78, 5) is 26.1. The summed E-state index contributed by atoms with van der Waals surface area (Å²) >= 11 is 0. The van der Waals surface area contributed by atoms with Crippen LogP contribution in [0.2, 0.25) is 0 Å². The van der Waals surface area contributed by atoms with E-state index in [1.54, 1.807) is 0 Å². The minimum Gasteiger partial charge on any atom is -0.356 e. The van der Waals surface area contributed by atoms with Gasteiger partial charge in [0.1, 0.15) is 0 Å². The van der Waals surface area contributed by atoms with Gasteiger partial charge in [-0.15, -0.1) is 24.8 Å². The van der Waals surface area contributed by atoms with Gasteiger partial charge in [-0.05, 0) is 6.42 Å². The lowest BCUT2D eigenvalue weighted by Gasteiger charge is -2.03. The topological polar surface area (TPSA) is 83.6 Å². The Balaban J connectivity index is 0.00000128. The van der Waals surface area contributed by atoms with Gasteiger partial charge in [0, 0.05) is 18.9 Å². The van der Waals surface area contributed by atoms with Crippen LogP contribution in [0.5, 0.6) is 0 Å². The van der Waals surface area contributed by atoms with Crippen LogP contribution in [0.25, 0.3) is 11.2 Å². The molecule has 2 rings (SSSR count). The molecule has 0 fully saturated rings. The first kappa shape index (κ1) is 15.6. The zero-order valence-corrected chi connectivity index (χ0v) is 10.8. The number of anilines is 1. The first-order valence-electron chi connectivity index (χ1n) is 4.76. The van der Waals surface area contributed by atoms with E-state index in [9.17, 15) is 4.79 Å². The Labute approximate surface area is 110 Å². The minimum atomic E-state index is -0.272. The second kappa shape index (κ2) is 7.03. The average molecular weight is 278 g/mol. The molecule has 0 unspecified atom stereocenters. The number of aromatic nitrogens is 4. The Kier molecular flexibility index (Phi) is 6.45. The molecule has 2 N–H and O–H groups in total. The second-order valence-electron chi connectivity index (χ2n) is 3.07. The van der Waals surface area contributed by atoms with Crippen molar-refractivity contribution in [3.63, 3.8) is 0 Å². The van der Waals surface area contributed by atoms with Crippen LogP contribution in [0.3, 0.4) is 0 Å². The van der Waals surface area contributed by atoms with Crippen LogP contribution in [-0.4, -0.2) is 26.5 Å². The van der Waals surface area contributed by atoms with Gasteiger partial charge in [-0.2, -0.15) is 4.98 Å². The number of hydrogen-bond donors (Lipinski definition) is 2. The summed E-state index contributed by atoms with van der Waals surface area (Å²) in [5.74, 6) is 0.440. The molecule has 0 saturated carbocycles. The van der Waals surface area contributed by atoms with E-state index >= 15 is 0 Å². The number of rotatable bonds is 3. The Hall–Kier alpha value is -1.40. The van der Waals surface area contributed by atoms with Crippen LogP contribution < -0.4 is 10.9 Å². The van der Waals surface area contributed by atoms with Crippen molar-refractivity contribution in [3.05, 3.63) is 22.7 Å². The number of H-pyrrole nitrogens is 1. The highest BCUT2D eigenvalue weighted by molar-refractivity contribution is 5.85. The van der Waals surface area contributed by atoms with Gasteiger partial charge < -0.3 is 5.32 Å². The zero-order valence-electron chi connectivity index (χ0n) is 9.14. The van der Waals surface area contributed by atoms with Gasteiger partial charge >= 0.3 is 0 Å². The second-order valence-corrected chi connectivity index (χ2v) is 3.07. The molecule has 8 heteroatoms. The molecule has 0 atom stereocenters. The lowest BCUT2D eigenvalue weighted by Crippen LogP contribution is -2.15. The maximum atomic E-state index is 11.5. The maximum Gasteiger partial charge on any atom is 0.280 e. The quantitative estimate of drug-likeness (QED) is 0.886. The zero-order chi connectivity index (χ0) is 10.7. The van der Waals surface area contributed by atoms with Crippen LogP contribution in [-0.2, 0) is 0 Å². The summed E-state index contributed by atoms with van der Waals surface area (Å²) in [6.07, 6.45) is 3.94. The molecule has 2 aromatic heterocycles. The molecular weight excluding hydrogens is 265 g/mol. The third-order valence-electron chi connectivity index (χ3n) is 1.89. The number of hydrogen-bond acceptors (Lipinski definition) is 5. The molecule has 0 aliphatic rings. The van der Waals surface area contributed by atoms with Gasteiger partial charge in [0.2, 0.25) is 5.95 Å². The van der Waals surface area contributed by atoms with E-state index < -0.39 is 0 Å². The maximum absolute atomic E-state index is 11.5. The molecular formula is C9H13Cl2N5O. The van der Waals surface area contributed by atoms with Crippen molar-refractivity contribution in [1.29, 1.82) is 0 Å². The van der Waals surface area contributed by atoms with Crippen LogP contribution in [0, 0.1) is 0 Å². The number of nitrogens with one attached hydrogen (secondary N) is 2. The SMILES string of the molecule is CCCNc1nc2nccnc2c(=O)[nH]1.Cl.Cl. The van der Waals surface area contributed by atoms with Gasteiger partial charge in [-0.25, -0.2) is 9.97 Å². The van der Waals surface area contributed by atoms with E-state index in [0.29, 0.717) is 11.6 Å². The molecule has 0 bridgehead atoms. The number of fused-ring (bicyclic) bond motifs is 1. The molecule has 6 nitrogen and oxygen atoms in total. The summed E-state index contributed by atoms with van der Waals surface area (Å²) in [5.41, 5.74) is 0.353. The lowest BCUT2D eigenvalue weighted by atomic mass is 10.5. The van der Waals surface area contributed by atoms with E-state index in [0.717, 1.165) is 13.0 Å². The summed E-state index contributed by atoms with van der Waals surface area (Å²) in [5, 5.41) is 2.99. The first-order valence-corrected chi connectivity index (χ1v) is 4.76. The smallest absolute Gasteiger partial charge is 0.280 e. The fourth-order valence-corrected chi connectivity index (χ4v) is 1.20. The van der Waals surface area contributed by atoms with E-state index in [2.05, 4.69) is 25.3 Å². The molecule has 0 radical (unpaired) electrons. The lowest BCUT2D eigenvalue weighted by molar-refractivity contribution is 0.950. The molecule has 0 aliphatic carbocycles.